The summed E-state index contributed by atoms with van der Waals surface area (Å²) in [7, 11) is 3.04. The number of ether oxygens (including phenoxy) is 2. The van der Waals surface area contributed by atoms with Crippen LogP contribution < -0.4 is 9.47 Å². The van der Waals surface area contributed by atoms with Crippen molar-refractivity contribution in [2.45, 2.75) is 41.5 Å². The van der Waals surface area contributed by atoms with Crippen LogP contribution in [0.3, 0.4) is 0 Å². The quantitative estimate of drug-likeness (QED) is 0.185. The molecular weight excluding hydrogens is 638 g/mol. The van der Waals surface area contributed by atoms with Crippen molar-refractivity contribution >= 4 is 33.1 Å². The van der Waals surface area contributed by atoms with Crippen molar-refractivity contribution < 1.29 is 18.3 Å². The second kappa shape index (κ2) is 12.4. The Hall–Kier alpha value is -6.04. The fourth-order valence-electron chi connectivity index (χ4n) is 6.52. The Morgan fingerprint density at radius 2 is 1.00 bits per heavy atom. The lowest BCUT2D eigenvalue weighted by Crippen LogP contribution is -2.01. The standard InChI is InChI=1S/2C19H17FN4O/c1-10-9-21-6-5-14(10)19-23-12(3)18-11(2)22-17-15(20)7-13(25-4)8-16(17)24(18)19;1-10-5-6-21-9-14(10)19-23-12(3)18-11(2)22-17-15(20)7-13(25-4)8-16(17)24(18)19/h2*5-9H,1-4H3. The Labute approximate surface area is 286 Å². The zero-order valence-electron chi connectivity index (χ0n) is 28.9. The Bertz CT molecular complexity index is 2450. The van der Waals surface area contributed by atoms with Gasteiger partial charge in [-0.15, -0.1) is 0 Å². The first-order chi connectivity index (χ1) is 24.0. The van der Waals surface area contributed by atoms with Crippen LogP contribution in [0.15, 0.2) is 61.2 Å². The molecule has 0 unspecified atom stereocenters. The largest absolute Gasteiger partial charge is 0.497 e. The van der Waals surface area contributed by atoms with Crippen LogP contribution in [0.25, 0.3) is 55.9 Å². The van der Waals surface area contributed by atoms with Gasteiger partial charge in [0.25, 0.3) is 0 Å². The number of aryl methyl sites for hydroxylation is 6. The van der Waals surface area contributed by atoms with Crippen LogP contribution in [0.1, 0.15) is 33.9 Å². The van der Waals surface area contributed by atoms with Gasteiger partial charge in [0, 0.05) is 60.2 Å². The predicted octanol–water partition coefficient (Wildman–Crippen LogP) is 8.03. The van der Waals surface area contributed by atoms with E-state index in [9.17, 15) is 8.78 Å². The zero-order valence-corrected chi connectivity index (χ0v) is 28.9. The molecule has 0 fully saturated rings. The molecule has 0 atom stereocenters. The minimum Gasteiger partial charge on any atom is -0.497 e. The van der Waals surface area contributed by atoms with Crippen molar-refractivity contribution in [3.8, 4) is 34.3 Å². The average molecular weight is 673 g/mol. The Kier molecular flexibility index (Phi) is 8.09. The fraction of sp³-hybridized carbons (Fsp3) is 0.211. The topological polar surface area (TPSA) is 105 Å². The highest BCUT2D eigenvalue weighted by atomic mass is 19.1. The molecule has 6 aromatic heterocycles. The third kappa shape index (κ3) is 5.24. The molecule has 0 spiro atoms. The van der Waals surface area contributed by atoms with Crippen LogP contribution in [0.5, 0.6) is 11.5 Å². The summed E-state index contributed by atoms with van der Waals surface area (Å²) in [6, 6.07) is 10.1. The summed E-state index contributed by atoms with van der Waals surface area (Å²) in [5.74, 6) is 1.53. The van der Waals surface area contributed by atoms with Gasteiger partial charge in [-0.05, 0) is 64.8 Å². The Morgan fingerprint density at radius 3 is 1.48 bits per heavy atom. The number of rotatable bonds is 4. The molecule has 2 aromatic carbocycles. The van der Waals surface area contributed by atoms with Crippen LogP contribution in [0.2, 0.25) is 0 Å². The zero-order chi connectivity index (χ0) is 35.4. The monoisotopic (exact) mass is 672 g/mol. The number of aromatic nitrogens is 8. The molecule has 0 aliphatic rings. The van der Waals surface area contributed by atoms with E-state index < -0.39 is 11.6 Å². The van der Waals surface area contributed by atoms with Crippen LogP contribution in [-0.2, 0) is 0 Å². The minimum absolute atomic E-state index is 0.297. The Balaban J connectivity index is 0.000000157. The van der Waals surface area contributed by atoms with Crippen molar-refractivity contribution in [1.29, 1.82) is 0 Å². The smallest absolute Gasteiger partial charge is 0.154 e. The van der Waals surface area contributed by atoms with E-state index in [1.54, 1.807) is 36.9 Å². The summed E-state index contributed by atoms with van der Waals surface area (Å²) in [6.07, 6.45) is 7.05. The third-order valence-electron chi connectivity index (χ3n) is 8.88. The summed E-state index contributed by atoms with van der Waals surface area (Å²) >= 11 is 0. The van der Waals surface area contributed by atoms with Gasteiger partial charge in [0.2, 0.25) is 0 Å². The number of hydrogen-bond acceptors (Lipinski definition) is 8. The van der Waals surface area contributed by atoms with Crippen LogP contribution >= 0.6 is 0 Å². The van der Waals surface area contributed by atoms with E-state index in [4.69, 9.17) is 19.4 Å². The lowest BCUT2D eigenvalue weighted by Gasteiger charge is -2.11. The summed E-state index contributed by atoms with van der Waals surface area (Å²) in [5, 5.41) is 0. The normalized spacial score (nSPS) is 11.4. The number of halogens is 2. The molecule has 0 amide bonds. The van der Waals surface area contributed by atoms with E-state index in [0.29, 0.717) is 33.6 Å². The van der Waals surface area contributed by atoms with E-state index in [-0.39, 0.29) is 0 Å². The maximum atomic E-state index is 14.6. The molecule has 252 valence electrons. The van der Waals surface area contributed by atoms with Gasteiger partial charge >= 0.3 is 0 Å². The number of methoxy groups -OCH3 is 2. The summed E-state index contributed by atoms with van der Waals surface area (Å²) < 4.78 is 43.5. The highest BCUT2D eigenvalue weighted by Gasteiger charge is 2.21. The number of fused-ring (bicyclic) bond motifs is 6. The van der Waals surface area contributed by atoms with Crippen molar-refractivity contribution in [1.82, 2.24) is 38.7 Å². The van der Waals surface area contributed by atoms with Crippen LogP contribution in [0, 0.1) is 53.2 Å². The molecule has 0 aliphatic carbocycles. The first-order valence-electron chi connectivity index (χ1n) is 15.9. The van der Waals surface area contributed by atoms with Crippen molar-refractivity contribution in [3.05, 3.63) is 107 Å². The second-order valence-corrected chi connectivity index (χ2v) is 12.1. The van der Waals surface area contributed by atoms with E-state index >= 15 is 0 Å². The third-order valence-corrected chi connectivity index (χ3v) is 8.88. The first kappa shape index (κ1) is 32.5. The summed E-state index contributed by atoms with van der Waals surface area (Å²) in [5.41, 5.74) is 10.7. The maximum Gasteiger partial charge on any atom is 0.154 e. The molecule has 0 bridgehead atoms. The van der Waals surface area contributed by atoms with Crippen molar-refractivity contribution in [2.24, 2.45) is 0 Å². The molecule has 0 saturated heterocycles. The van der Waals surface area contributed by atoms with Gasteiger partial charge in [-0.1, -0.05) is 0 Å². The average Bonchev–Trinajstić information content (AvgIpc) is 3.64. The predicted molar refractivity (Wildman–Crippen MR) is 189 cm³/mol. The Morgan fingerprint density at radius 1 is 0.540 bits per heavy atom. The van der Waals surface area contributed by atoms with E-state index in [2.05, 4.69) is 19.9 Å². The molecule has 8 aromatic rings. The summed E-state index contributed by atoms with van der Waals surface area (Å²) in [6.45, 7) is 11.6. The first-order valence-corrected chi connectivity index (χ1v) is 15.9. The molecule has 0 N–H and O–H groups in total. The van der Waals surface area contributed by atoms with Gasteiger partial charge < -0.3 is 9.47 Å². The van der Waals surface area contributed by atoms with Crippen molar-refractivity contribution in [2.75, 3.05) is 14.2 Å². The molecular formula is C38H34F2N8O2. The van der Waals surface area contributed by atoms with Gasteiger partial charge in [0.15, 0.2) is 11.6 Å². The van der Waals surface area contributed by atoms with E-state index in [0.717, 1.165) is 67.7 Å². The van der Waals surface area contributed by atoms with Gasteiger partial charge in [0.1, 0.15) is 34.2 Å². The van der Waals surface area contributed by atoms with Gasteiger partial charge in [0.05, 0.1) is 59.1 Å². The van der Waals surface area contributed by atoms with Gasteiger partial charge in [-0.2, -0.15) is 0 Å². The van der Waals surface area contributed by atoms with Gasteiger partial charge in [-0.25, -0.2) is 28.7 Å². The highest BCUT2D eigenvalue weighted by Crippen LogP contribution is 2.34. The molecule has 12 heteroatoms. The molecule has 50 heavy (non-hydrogen) atoms. The molecule has 0 radical (unpaired) electrons. The molecule has 0 saturated carbocycles. The minimum atomic E-state index is -0.417. The molecule has 8 rings (SSSR count). The molecule has 6 heterocycles. The lowest BCUT2D eigenvalue weighted by molar-refractivity contribution is 0.412. The van der Waals surface area contributed by atoms with E-state index in [1.807, 2.05) is 62.5 Å². The molecule has 0 aliphatic heterocycles. The van der Waals surface area contributed by atoms with Crippen LogP contribution in [-0.4, -0.2) is 52.9 Å². The number of pyridine rings is 2. The lowest BCUT2D eigenvalue weighted by atomic mass is 10.1. The number of hydrogen-bond donors (Lipinski definition) is 0. The van der Waals surface area contributed by atoms with E-state index in [1.165, 1.54) is 26.4 Å². The summed E-state index contributed by atoms with van der Waals surface area (Å²) in [4.78, 5) is 26.8. The van der Waals surface area contributed by atoms with Crippen LogP contribution in [0.4, 0.5) is 8.78 Å². The second-order valence-electron chi connectivity index (χ2n) is 12.1. The number of nitrogens with zero attached hydrogens (tertiary/aromatic N) is 8. The van der Waals surface area contributed by atoms with Gasteiger partial charge in [-0.3, -0.25) is 18.8 Å². The molecule has 10 nitrogen and oxygen atoms in total. The fourth-order valence-corrected chi connectivity index (χ4v) is 6.52. The number of imidazole rings is 2. The SMILES string of the molecule is COc1cc(F)c2nc(C)c3c(C)nc(-c4ccncc4C)n3c2c1.COc1cc(F)c2nc(C)c3c(C)nc(-c4cnccc4C)n3c2c1. The maximum absolute atomic E-state index is 14.6. The van der Waals surface area contributed by atoms with Crippen molar-refractivity contribution in [3.63, 3.8) is 0 Å². The highest BCUT2D eigenvalue weighted by molar-refractivity contribution is 5.87. The number of benzene rings is 2.